The third-order valence-electron chi connectivity index (χ3n) is 5.34. The zero-order valence-corrected chi connectivity index (χ0v) is 16.4. The normalized spacial score (nSPS) is 13.6. The standard InChI is InChI=1S/C22H19F3N2O3/c1-3-30-22(29)14-6-12(11-4-5-11)20-10(2)19(17(25)9-27(20)21(14)28)13-7-16(24)18(26)8-15(13)23/h6-9,11H,3-5,26H2,1-2H3. The molecule has 1 saturated carbocycles. The van der Waals surface area contributed by atoms with Crippen LogP contribution in [0, 0.1) is 24.4 Å². The number of nitrogen functional groups attached to an aromatic ring is 1. The highest BCUT2D eigenvalue weighted by Crippen LogP contribution is 2.44. The first-order valence-electron chi connectivity index (χ1n) is 9.55. The Bertz CT molecular complexity index is 1260. The number of esters is 1. The van der Waals surface area contributed by atoms with E-state index in [2.05, 4.69) is 0 Å². The van der Waals surface area contributed by atoms with E-state index in [9.17, 15) is 18.4 Å². The minimum absolute atomic E-state index is 0.0822. The molecule has 4 rings (SSSR count). The Morgan fingerprint density at radius 2 is 1.87 bits per heavy atom. The Kier molecular flexibility index (Phi) is 4.80. The van der Waals surface area contributed by atoms with Gasteiger partial charge in [-0.1, -0.05) is 0 Å². The van der Waals surface area contributed by atoms with Crippen LogP contribution in [0.15, 0.2) is 29.2 Å². The maximum atomic E-state index is 15.1. The summed E-state index contributed by atoms with van der Waals surface area (Å²) in [5, 5.41) is 0. The maximum absolute atomic E-state index is 15.1. The van der Waals surface area contributed by atoms with Crippen LogP contribution >= 0.6 is 0 Å². The molecule has 8 heteroatoms. The predicted octanol–water partition coefficient (Wildman–Crippen LogP) is 4.33. The van der Waals surface area contributed by atoms with Gasteiger partial charge in [-0.15, -0.1) is 0 Å². The fourth-order valence-electron chi connectivity index (χ4n) is 3.80. The Morgan fingerprint density at radius 1 is 1.17 bits per heavy atom. The van der Waals surface area contributed by atoms with Crippen LogP contribution < -0.4 is 11.3 Å². The molecule has 156 valence electrons. The van der Waals surface area contributed by atoms with E-state index in [-0.39, 0.29) is 40.5 Å². The summed E-state index contributed by atoms with van der Waals surface area (Å²) >= 11 is 0. The molecule has 1 aliphatic carbocycles. The van der Waals surface area contributed by atoms with Crippen LogP contribution in [0.25, 0.3) is 16.6 Å². The lowest BCUT2D eigenvalue weighted by Crippen LogP contribution is -2.25. The highest BCUT2D eigenvalue weighted by molar-refractivity contribution is 5.91. The third kappa shape index (κ3) is 3.12. The van der Waals surface area contributed by atoms with Crippen LogP contribution in [0.3, 0.4) is 0 Å². The zero-order valence-electron chi connectivity index (χ0n) is 16.4. The first kappa shape index (κ1) is 20.0. The van der Waals surface area contributed by atoms with E-state index < -0.39 is 29.0 Å². The number of pyridine rings is 2. The van der Waals surface area contributed by atoms with Crippen molar-refractivity contribution < 1.29 is 22.7 Å². The maximum Gasteiger partial charge on any atom is 0.343 e. The average Bonchev–Trinajstić information content (AvgIpc) is 3.52. The smallest absolute Gasteiger partial charge is 0.343 e. The molecule has 1 aliphatic rings. The van der Waals surface area contributed by atoms with Crippen molar-refractivity contribution in [1.82, 2.24) is 4.40 Å². The number of hydrogen-bond donors (Lipinski definition) is 1. The van der Waals surface area contributed by atoms with Crippen LogP contribution in [-0.2, 0) is 4.74 Å². The molecular formula is C22H19F3N2O3. The first-order chi connectivity index (χ1) is 14.2. The van der Waals surface area contributed by atoms with Crippen LogP contribution in [0.1, 0.15) is 47.2 Å². The molecule has 3 aromatic rings. The molecule has 0 atom stereocenters. The van der Waals surface area contributed by atoms with Gasteiger partial charge in [0.1, 0.15) is 23.0 Å². The largest absolute Gasteiger partial charge is 0.462 e. The molecule has 0 unspecified atom stereocenters. The summed E-state index contributed by atoms with van der Waals surface area (Å²) in [6.07, 6.45) is 2.59. The van der Waals surface area contributed by atoms with Crippen molar-refractivity contribution in [2.24, 2.45) is 0 Å². The molecule has 0 radical (unpaired) electrons. The van der Waals surface area contributed by atoms with Crippen LogP contribution in [-0.4, -0.2) is 17.0 Å². The van der Waals surface area contributed by atoms with Gasteiger partial charge in [-0.2, -0.15) is 0 Å². The number of nitrogens with zero attached hydrogens (tertiary/aromatic N) is 1. The van der Waals surface area contributed by atoms with Crippen molar-refractivity contribution in [1.29, 1.82) is 0 Å². The monoisotopic (exact) mass is 416 g/mol. The number of nitrogens with two attached hydrogens (primary N) is 1. The quantitative estimate of drug-likeness (QED) is 0.508. The summed E-state index contributed by atoms with van der Waals surface area (Å²) in [6.45, 7) is 3.25. The minimum atomic E-state index is -0.923. The lowest BCUT2D eigenvalue weighted by molar-refractivity contribution is 0.0524. The summed E-state index contributed by atoms with van der Waals surface area (Å²) in [6, 6.07) is 3.11. The first-order valence-corrected chi connectivity index (χ1v) is 9.55. The second kappa shape index (κ2) is 7.19. The van der Waals surface area contributed by atoms with Gasteiger partial charge in [-0.05, 0) is 55.9 Å². The number of benzene rings is 1. The van der Waals surface area contributed by atoms with Crippen molar-refractivity contribution in [3.8, 4) is 11.1 Å². The Balaban J connectivity index is 2.07. The van der Waals surface area contributed by atoms with E-state index in [1.807, 2.05) is 0 Å². The Labute approximate surface area is 169 Å². The molecule has 30 heavy (non-hydrogen) atoms. The predicted molar refractivity (Wildman–Crippen MR) is 106 cm³/mol. The molecule has 0 saturated heterocycles. The van der Waals surface area contributed by atoms with Crippen LogP contribution in [0.5, 0.6) is 0 Å². The SMILES string of the molecule is CCOC(=O)c1cc(C2CC2)c2c(C)c(-c3cc(F)c(N)cc3F)c(F)cn2c1=O. The molecule has 0 aliphatic heterocycles. The minimum Gasteiger partial charge on any atom is -0.462 e. The molecular weight excluding hydrogens is 397 g/mol. The van der Waals surface area contributed by atoms with Crippen molar-refractivity contribution >= 4 is 17.2 Å². The van der Waals surface area contributed by atoms with Crippen LogP contribution in [0.4, 0.5) is 18.9 Å². The number of fused-ring (bicyclic) bond motifs is 1. The highest BCUT2D eigenvalue weighted by atomic mass is 19.1. The molecule has 0 bridgehead atoms. The summed E-state index contributed by atoms with van der Waals surface area (Å²) in [5.74, 6) is -3.37. The number of ether oxygens (including phenoxy) is 1. The molecule has 2 heterocycles. The van der Waals surface area contributed by atoms with Gasteiger partial charge < -0.3 is 10.5 Å². The van der Waals surface area contributed by atoms with E-state index in [1.165, 1.54) is 13.0 Å². The average molecular weight is 416 g/mol. The van der Waals surface area contributed by atoms with E-state index in [0.717, 1.165) is 35.6 Å². The topological polar surface area (TPSA) is 73.8 Å². The molecule has 1 fully saturated rings. The van der Waals surface area contributed by atoms with E-state index >= 15 is 4.39 Å². The lowest BCUT2D eigenvalue weighted by atomic mass is 9.95. The van der Waals surface area contributed by atoms with E-state index in [4.69, 9.17) is 10.5 Å². The number of halogens is 3. The second-order valence-corrected chi connectivity index (χ2v) is 7.36. The summed E-state index contributed by atoms with van der Waals surface area (Å²) in [5.41, 5.74) is 4.97. The number of carbonyl (C=O) groups excluding carboxylic acids is 1. The summed E-state index contributed by atoms with van der Waals surface area (Å²) < 4.78 is 49.6. The van der Waals surface area contributed by atoms with Gasteiger partial charge in [-0.25, -0.2) is 18.0 Å². The van der Waals surface area contributed by atoms with Crippen molar-refractivity contribution in [2.45, 2.75) is 32.6 Å². The van der Waals surface area contributed by atoms with Gasteiger partial charge in [0, 0.05) is 23.4 Å². The number of carbonyl (C=O) groups is 1. The number of aryl methyl sites for hydroxylation is 1. The molecule has 2 aromatic heterocycles. The highest BCUT2D eigenvalue weighted by Gasteiger charge is 2.31. The van der Waals surface area contributed by atoms with Crippen molar-refractivity contribution in [3.63, 3.8) is 0 Å². The molecule has 1 aromatic carbocycles. The van der Waals surface area contributed by atoms with Crippen LogP contribution in [0.2, 0.25) is 0 Å². The summed E-state index contributed by atoms with van der Waals surface area (Å²) in [7, 11) is 0. The van der Waals surface area contributed by atoms with Crippen molar-refractivity contribution in [3.05, 3.63) is 68.9 Å². The lowest BCUT2D eigenvalue weighted by Gasteiger charge is -2.17. The number of anilines is 1. The number of hydrogen-bond acceptors (Lipinski definition) is 4. The fraction of sp³-hybridized carbons (Fsp3) is 0.273. The van der Waals surface area contributed by atoms with Gasteiger partial charge in [-0.3, -0.25) is 9.20 Å². The van der Waals surface area contributed by atoms with Gasteiger partial charge >= 0.3 is 5.97 Å². The van der Waals surface area contributed by atoms with Gasteiger partial charge in [0.05, 0.1) is 17.8 Å². The molecule has 2 N–H and O–H groups in total. The third-order valence-corrected chi connectivity index (χ3v) is 5.34. The molecule has 0 spiro atoms. The van der Waals surface area contributed by atoms with Gasteiger partial charge in [0.25, 0.3) is 5.56 Å². The number of rotatable bonds is 4. The fourth-order valence-corrected chi connectivity index (χ4v) is 3.80. The Hall–Kier alpha value is -3.29. The molecule has 5 nitrogen and oxygen atoms in total. The van der Waals surface area contributed by atoms with Gasteiger partial charge in [0.2, 0.25) is 0 Å². The summed E-state index contributed by atoms with van der Waals surface area (Å²) in [4.78, 5) is 25.1. The van der Waals surface area contributed by atoms with Gasteiger partial charge in [0.15, 0.2) is 0 Å². The number of aromatic nitrogens is 1. The van der Waals surface area contributed by atoms with E-state index in [0.29, 0.717) is 11.1 Å². The molecule has 0 amide bonds. The van der Waals surface area contributed by atoms with Crippen molar-refractivity contribution in [2.75, 3.05) is 12.3 Å². The van der Waals surface area contributed by atoms with E-state index in [1.54, 1.807) is 6.92 Å². The Morgan fingerprint density at radius 3 is 2.50 bits per heavy atom. The second-order valence-electron chi connectivity index (χ2n) is 7.36. The zero-order chi connectivity index (χ0) is 21.7.